The first-order valence-electron chi connectivity index (χ1n) is 9.13. The number of benzene rings is 1. The maximum atomic E-state index is 13.0. The van der Waals surface area contributed by atoms with Crippen molar-refractivity contribution >= 4 is 17.8 Å². The molecule has 1 aromatic carbocycles. The summed E-state index contributed by atoms with van der Waals surface area (Å²) in [7, 11) is 1.65. The van der Waals surface area contributed by atoms with Crippen molar-refractivity contribution in [3.05, 3.63) is 35.9 Å². The Morgan fingerprint density at radius 3 is 2.67 bits per heavy atom. The van der Waals surface area contributed by atoms with Crippen LogP contribution in [0.3, 0.4) is 0 Å². The molecular weight excluding hydrogens is 348 g/mol. The molecule has 0 saturated carbocycles. The van der Waals surface area contributed by atoms with Crippen LogP contribution in [0, 0.1) is 0 Å². The van der Waals surface area contributed by atoms with Gasteiger partial charge in [0.15, 0.2) is 0 Å². The molecular formula is C18H24N6O3. The molecule has 27 heavy (non-hydrogen) atoms. The Kier molecular flexibility index (Phi) is 4.58. The highest BCUT2D eigenvalue weighted by Gasteiger charge is 2.56. The van der Waals surface area contributed by atoms with Crippen LogP contribution in [0.25, 0.3) is 0 Å². The molecule has 3 fully saturated rings. The molecule has 0 aliphatic carbocycles. The van der Waals surface area contributed by atoms with E-state index in [1.54, 1.807) is 7.05 Å². The quantitative estimate of drug-likeness (QED) is 0.714. The van der Waals surface area contributed by atoms with Crippen LogP contribution >= 0.6 is 0 Å². The molecule has 3 unspecified atom stereocenters. The van der Waals surface area contributed by atoms with Gasteiger partial charge in [-0.05, 0) is 12.0 Å². The van der Waals surface area contributed by atoms with Gasteiger partial charge >= 0.3 is 6.03 Å². The summed E-state index contributed by atoms with van der Waals surface area (Å²) in [6, 6.07) is 9.15. The third-order valence-electron chi connectivity index (χ3n) is 5.51. The Balaban J connectivity index is 1.58. The van der Waals surface area contributed by atoms with E-state index in [0.29, 0.717) is 0 Å². The molecule has 4 rings (SSSR count). The number of nitrogens with zero attached hydrogens (tertiary/aromatic N) is 4. The van der Waals surface area contributed by atoms with Crippen molar-refractivity contribution in [1.82, 2.24) is 24.9 Å². The summed E-state index contributed by atoms with van der Waals surface area (Å²) in [5.74, 6) is -1.06. The lowest BCUT2D eigenvalue weighted by Gasteiger charge is -2.43. The summed E-state index contributed by atoms with van der Waals surface area (Å²) < 4.78 is 0. The fourth-order valence-electron chi connectivity index (χ4n) is 4.28. The van der Waals surface area contributed by atoms with Crippen LogP contribution in [0.5, 0.6) is 0 Å². The SMILES string of the molecule is CN1C(=O)N(CC(N)=O)C(=O)C2C1NC1N(Cc3ccccc3)CCCN21. The topological polar surface area (TPSA) is 102 Å². The van der Waals surface area contributed by atoms with E-state index in [4.69, 9.17) is 5.73 Å². The summed E-state index contributed by atoms with van der Waals surface area (Å²) in [6.45, 7) is 2.02. The van der Waals surface area contributed by atoms with E-state index in [0.717, 1.165) is 31.0 Å². The Morgan fingerprint density at radius 2 is 1.96 bits per heavy atom. The number of fused-ring (bicyclic) bond motifs is 3. The highest BCUT2D eigenvalue weighted by atomic mass is 16.2. The first-order valence-corrected chi connectivity index (χ1v) is 9.13. The zero-order valence-electron chi connectivity index (χ0n) is 15.2. The fraction of sp³-hybridized carbons (Fsp3) is 0.500. The second-order valence-electron chi connectivity index (χ2n) is 7.26. The molecule has 3 aliphatic heterocycles. The monoisotopic (exact) mass is 372 g/mol. The largest absolute Gasteiger partial charge is 0.368 e. The number of hydrogen-bond donors (Lipinski definition) is 2. The van der Waals surface area contributed by atoms with Crippen LogP contribution in [0.2, 0.25) is 0 Å². The molecule has 3 aliphatic rings. The molecule has 0 spiro atoms. The number of urea groups is 1. The molecule has 3 atom stereocenters. The van der Waals surface area contributed by atoms with Gasteiger partial charge in [0, 0.05) is 26.7 Å². The van der Waals surface area contributed by atoms with E-state index in [9.17, 15) is 14.4 Å². The second kappa shape index (κ2) is 6.91. The van der Waals surface area contributed by atoms with Gasteiger partial charge in [0.1, 0.15) is 25.0 Å². The predicted molar refractivity (Wildman–Crippen MR) is 96.7 cm³/mol. The normalized spacial score (nSPS) is 29.0. The minimum absolute atomic E-state index is 0.137. The number of nitrogens with two attached hydrogens (primary N) is 1. The third-order valence-corrected chi connectivity index (χ3v) is 5.51. The van der Waals surface area contributed by atoms with Gasteiger partial charge in [0.05, 0.1) is 0 Å². The number of rotatable bonds is 4. The van der Waals surface area contributed by atoms with E-state index in [2.05, 4.69) is 27.2 Å². The lowest BCUT2D eigenvalue weighted by Crippen LogP contribution is -2.67. The van der Waals surface area contributed by atoms with E-state index in [1.807, 2.05) is 18.2 Å². The smallest absolute Gasteiger partial charge is 0.328 e. The number of imide groups is 1. The molecule has 3 saturated heterocycles. The standard InChI is InChI=1S/C18H24N6O3/c1-21-15-14(16(26)24(18(21)27)11-13(19)25)23-9-5-8-22(17(23)20-15)10-12-6-3-2-4-7-12/h2-4,6-7,14-15,17,20H,5,8-11H2,1H3,(H2,19,25). The van der Waals surface area contributed by atoms with Crippen molar-refractivity contribution < 1.29 is 14.4 Å². The molecule has 3 heterocycles. The molecule has 9 heteroatoms. The summed E-state index contributed by atoms with van der Waals surface area (Å²) in [6.07, 6.45) is 0.367. The average molecular weight is 372 g/mol. The lowest BCUT2D eigenvalue weighted by molar-refractivity contribution is -0.142. The van der Waals surface area contributed by atoms with Gasteiger partial charge in [0.2, 0.25) is 5.91 Å². The van der Waals surface area contributed by atoms with Gasteiger partial charge < -0.3 is 10.6 Å². The van der Waals surface area contributed by atoms with Crippen molar-refractivity contribution in [2.75, 3.05) is 26.7 Å². The third kappa shape index (κ3) is 3.07. The first kappa shape index (κ1) is 17.9. The van der Waals surface area contributed by atoms with Crippen LogP contribution in [0.1, 0.15) is 12.0 Å². The Hall–Kier alpha value is -2.49. The number of carbonyl (C=O) groups excluding carboxylic acids is 3. The maximum absolute atomic E-state index is 13.0. The van der Waals surface area contributed by atoms with E-state index in [1.165, 1.54) is 10.5 Å². The van der Waals surface area contributed by atoms with Gasteiger partial charge in [-0.25, -0.2) is 4.79 Å². The molecule has 9 nitrogen and oxygen atoms in total. The van der Waals surface area contributed by atoms with E-state index < -0.39 is 30.7 Å². The molecule has 144 valence electrons. The van der Waals surface area contributed by atoms with E-state index >= 15 is 0 Å². The molecule has 1 aromatic rings. The Bertz CT molecular complexity index is 757. The zero-order valence-corrected chi connectivity index (χ0v) is 15.2. The van der Waals surface area contributed by atoms with Crippen molar-refractivity contribution in [3.63, 3.8) is 0 Å². The predicted octanol–water partition coefficient (Wildman–Crippen LogP) is -0.845. The van der Waals surface area contributed by atoms with E-state index in [-0.39, 0.29) is 12.2 Å². The number of hydrogen-bond acceptors (Lipinski definition) is 6. The maximum Gasteiger partial charge on any atom is 0.328 e. The summed E-state index contributed by atoms with van der Waals surface area (Å²) in [5.41, 5.74) is 6.43. The van der Waals surface area contributed by atoms with Crippen LogP contribution in [0.4, 0.5) is 4.79 Å². The van der Waals surface area contributed by atoms with Crippen molar-refractivity contribution in [2.45, 2.75) is 31.5 Å². The minimum atomic E-state index is -0.699. The first-order chi connectivity index (χ1) is 13.0. The van der Waals surface area contributed by atoms with Gasteiger partial charge in [-0.1, -0.05) is 30.3 Å². The van der Waals surface area contributed by atoms with Crippen LogP contribution in [0.15, 0.2) is 30.3 Å². The zero-order chi connectivity index (χ0) is 19.1. The minimum Gasteiger partial charge on any atom is -0.368 e. The highest BCUT2D eigenvalue weighted by molar-refractivity contribution is 6.03. The van der Waals surface area contributed by atoms with Crippen LogP contribution in [-0.2, 0) is 16.1 Å². The Labute approximate surface area is 157 Å². The number of nitrogens with one attached hydrogen (secondary N) is 1. The number of carbonyl (C=O) groups is 3. The Morgan fingerprint density at radius 1 is 1.22 bits per heavy atom. The lowest BCUT2D eigenvalue weighted by atomic mass is 10.1. The molecule has 4 amide bonds. The van der Waals surface area contributed by atoms with Gasteiger partial charge in [0.25, 0.3) is 5.91 Å². The van der Waals surface area contributed by atoms with Crippen molar-refractivity contribution in [2.24, 2.45) is 5.73 Å². The van der Waals surface area contributed by atoms with Crippen LogP contribution in [-0.4, -0.2) is 82.6 Å². The summed E-state index contributed by atoms with van der Waals surface area (Å²) in [5, 5.41) is 3.44. The molecule has 3 N–H and O–H groups in total. The van der Waals surface area contributed by atoms with Gasteiger partial charge in [-0.3, -0.25) is 29.6 Å². The fourth-order valence-corrected chi connectivity index (χ4v) is 4.28. The van der Waals surface area contributed by atoms with Crippen LogP contribution < -0.4 is 11.1 Å². The average Bonchev–Trinajstić information content (AvgIpc) is 3.05. The number of likely N-dealkylation sites (N-methyl/N-ethyl adjacent to an activating group) is 1. The number of primary amides is 1. The van der Waals surface area contributed by atoms with Gasteiger partial charge in [-0.2, -0.15) is 0 Å². The summed E-state index contributed by atoms with van der Waals surface area (Å²) in [4.78, 5) is 43.7. The molecule has 0 aromatic heterocycles. The molecule has 0 bridgehead atoms. The van der Waals surface area contributed by atoms with Crippen molar-refractivity contribution in [3.8, 4) is 0 Å². The second-order valence-corrected chi connectivity index (χ2v) is 7.26. The van der Waals surface area contributed by atoms with Gasteiger partial charge in [-0.15, -0.1) is 0 Å². The number of amides is 4. The molecule has 0 radical (unpaired) electrons. The highest BCUT2D eigenvalue weighted by Crippen LogP contribution is 2.31. The summed E-state index contributed by atoms with van der Waals surface area (Å²) >= 11 is 0. The van der Waals surface area contributed by atoms with Crippen molar-refractivity contribution in [1.29, 1.82) is 0 Å².